The molecule has 16 heavy (non-hydrogen) atoms. The van der Waals surface area contributed by atoms with Crippen molar-refractivity contribution in [2.24, 2.45) is 0 Å². The van der Waals surface area contributed by atoms with Crippen molar-refractivity contribution in [3.63, 3.8) is 0 Å². The molecule has 0 spiro atoms. The van der Waals surface area contributed by atoms with Gasteiger partial charge in [-0.3, -0.25) is 9.78 Å². The first kappa shape index (κ1) is 10.9. The Morgan fingerprint density at radius 1 is 1.31 bits per heavy atom. The van der Waals surface area contributed by atoms with Crippen LogP contribution in [-0.4, -0.2) is 11.3 Å². The van der Waals surface area contributed by atoms with Gasteiger partial charge in [0.25, 0.3) is 0 Å². The van der Waals surface area contributed by atoms with Crippen LogP contribution >= 0.6 is 0 Å². The molecule has 2 rings (SSSR count). The molecular formula is C13H9LrNO. The molecule has 1 aromatic heterocycles. The van der Waals surface area contributed by atoms with Crippen LogP contribution in [0.5, 0.6) is 0 Å². The standard InChI is InChI=1S/C13H9NO.Lr/c15-10-11-5-1-2-6-12(9-11)13-7-3-4-8-14-13;/h2-10H;. The third-order valence-electron chi connectivity index (χ3n) is 2.03. The van der Waals surface area contributed by atoms with Crippen molar-refractivity contribution < 1.29 is 4.79 Å². The first-order valence-electron chi connectivity index (χ1n) is 4.61. The fourth-order valence-electron chi connectivity index (χ4n) is 1.31. The minimum Gasteiger partial charge on any atom is -0.298 e. The Morgan fingerprint density at radius 2 is 2.19 bits per heavy atom. The quantitative estimate of drug-likeness (QED) is 0.505. The maximum atomic E-state index is 10.7. The number of hydrogen-bond acceptors (Lipinski definition) is 2. The average Bonchev–Trinajstić information content (AvgIpc) is 2.55. The zero-order valence-corrected chi connectivity index (χ0v) is 10.5. The molecule has 0 bridgehead atoms. The molecule has 0 saturated heterocycles. The van der Waals surface area contributed by atoms with Gasteiger partial charge in [-0.1, -0.05) is 6.07 Å². The van der Waals surface area contributed by atoms with Crippen LogP contribution < -0.4 is 0 Å². The minimum absolute atomic E-state index is 0. The van der Waals surface area contributed by atoms with Gasteiger partial charge in [0.15, 0.2) is 6.29 Å². The summed E-state index contributed by atoms with van der Waals surface area (Å²) in [7, 11) is 0. The zero-order valence-electron chi connectivity index (χ0n) is 8.31. The summed E-state index contributed by atoms with van der Waals surface area (Å²) < 4.78 is 0. The molecule has 3 heteroatoms. The minimum atomic E-state index is 0. The molecule has 0 aliphatic heterocycles. The summed E-state index contributed by atoms with van der Waals surface area (Å²) in [5.41, 5.74) is 5.26. The number of allylic oxidation sites excluding steroid dienone is 5. The predicted molar refractivity (Wildman–Crippen MR) is 59.0 cm³/mol. The van der Waals surface area contributed by atoms with Gasteiger partial charge in [0.2, 0.25) is 0 Å². The Bertz CT molecular complexity index is 494. The van der Waals surface area contributed by atoms with Crippen LogP contribution in [0, 0.1) is 0 Å². The van der Waals surface area contributed by atoms with E-state index in [-0.39, 0.29) is 0 Å². The summed E-state index contributed by atoms with van der Waals surface area (Å²) in [6.45, 7) is 0. The van der Waals surface area contributed by atoms with Gasteiger partial charge in [-0.05, 0) is 36.4 Å². The fraction of sp³-hybridized carbons (Fsp3) is 0. The number of aldehydes is 1. The van der Waals surface area contributed by atoms with Gasteiger partial charge < -0.3 is 0 Å². The summed E-state index contributed by atoms with van der Waals surface area (Å²) in [5, 5.41) is 0. The zero-order chi connectivity index (χ0) is 10.5. The van der Waals surface area contributed by atoms with Gasteiger partial charge in [-0.15, -0.1) is 5.73 Å². The molecule has 1 aromatic rings. The van der Waals surface area contributed by atoms with Crippen molar-refractivity contribution in [3.8, 4) is 0 Å². The van der Waals surface area contributed by atoms with E-state index in [0.29, 0.717) is 5.57 Å². The molecule has 87 valence electrons. The Morgan fingerprint density at radius 3 is 2.88 bits per heavy atom. The van der Waals surface area contributed by atoms with Gasteiger partial charge in [-0.2, -0.15) is 0 Å². The predicted octanol–water partition coefficient (Wildman–Crippen LogP) is 2.32. The van der Waals surface area contributed by atoms with Crippen LogP contribution in [0.2, 0.25) is 0 Å². The number of carbonyl (C=O) groups is 1. The molecular weight excluding hydrogens is 448 g/mol. The molecule has 0 N–H and O–H groups in total. The number of pyridine rings is 1. The molecule has 1 aliphatic carbocycles. The molecule has 0 aromatic carbocycles. The van der Waals surface area contributed by atoms with E-state index in [9.17, 15) is 4.79 Å². The summed E-state index contributed by atoms with van der Waals surface area (Å²) in [6, 6.07) is 5.68. The van der Waals surface area contributed by atoms with Crippen molar-refractivity contribution in [2.75, 3.05) is 0 Å². The van der Waals surface area contributed by atoms with E-state index < -0.39 is 0 Å². The second-order valence-electron chi connectivity index (χ2n) is 3.08. The summed E-state index contributed by atoms with van der Waals surface area (Å²) in [4.78, 5) is 14.9. The van der Waals surface area contributed by atoms with Gasteiger partial charge >= 0.3 is 0 Å². The fourth-order valence-corrected chi connectivity index (χ4v) is 1.31. The van der Waals surface area contributed by atoms with Gasteiger partial charge in [0, 0.05) is 17.3 Å². The smallest absolute Gasteiger partial charge is 0.150 e. The van der Waals surface area contributed by atoms with Crippen LogP contribution in [0.15, 0.2) is 60.0 Å². The third-order valence-corrected chi connectivity index (χ3v) is 2.03. The molecule has 0 fully saturated rings. The first-order chi connectivity index (χ1) is 7.40. The largest absolute Gasteiger partial charge is 0.298 e. The van der Waals surface area contributed by atoms with Crippen molar-refractivity contribution >= 4 is 11.9 Å². The van der Waals surface area contributed by atoms with Crippen molar-refractivity contribution in [1.29, 1.82) is 0 Å². The van der Waals surface area contributed by atoms with Crippen molar-refractivity contribution in [1.82, 2.24) is 4.98 Å². The van der Waals surface area contributed by atoms with Crippen LogP contribution in [0.4, 0.5) is 0 Å². The van der Waals surface area contributed by atoms with E-state index in [1.54, 1.807) is 24.4 Å². The average molecular weight is 457 g/mol. The Labute approximate surface area is 88.0 Å². The van der Waals surface area contributed by atoms with E-state index >= 15 is 0 Å². The normalized spacial score (nSPS) is 13.2. The number of aromatic nitrogens is 1. The van der Waals surface area contributed by atoms with Crippen LogP contribution in [-0.2, 0) is 4.79 Å². The Kier molecular flexibility index (Phi) is 3.33. The van der Waals surface area contributed by atoms with Crippen molar-refractivity contribution in [3.05, 3.63) is 65.7 Å². The number of carbonyl (C=O) groups excluding carboxylic acids is 1. The molecule has 1 radical (unpaired) electrons. The monoisotopic (exact) mass is 457 g/mol. The molecule has 0 saturated carbocycles. The first-order valence-corrected chi connectivity index (χ1v) is 4.61. The maximum absolute atomic E-state index is 10.7. The van der Waals surface area contributed by atoms with E-state index in [0.717, 1.165) is 17.6 Å². The summed E-state index contributed by atoms with van der Waals surface area (Å²) >= 11 is 0. The van der Waals surface area contributed by atoms with Gasteiger partial charge in [0.1, 0.15) is 0 Å². The van der Waals surface area contributed by atoms with E-state index in [1.807, 2.05) is 24.3 Å². The van der Waals surface area contributed by atoms with Crippen LogP contribution in [0.3, 0.4) is 0 Å². The van der Waals surface area contributed by atoms with Crippen molar-refractivity contribution in [2.45, 2.75) is 0 Å². The second-order valence-corrected chi connectivity index (χ2v) is 3.08. The molecule has 1 heterocycles. The molecule has 0 unspecified atom stereocenters. The topological polar surface area (TPSA) is 30.0 Å². The Balaban J connectivity index is 0.00000128. The SMILES string of the molecule is O=CC1=CC(c2ccccn2)=CC=C=C1.[Lr]. The molecule has 0 amide bonds. The molecule has 1 aliphatic rings. The summed E-state index contributed by atoms with van der Waals surface area (Å²) in [5.74, 6) is 0. The van der Waals surface area contributed by atoms with Gasteiger partial charge in [0.05, 0.1) is 5.69 Å². The molecule has 2 nitrogen and oxygen atoms in total. The summed E-state index contributed by atoms with van der Waals surface area (Å²) in [6.07, 6.45) is 9.65. The number of nitrogens with zero attached hydrogens (tertiary/aromatic N) is 1. The van der Waals surface area contributed by atoms with Gasteiger partial charge in [-0.25, -0.2) is 0 Å². The number of rotatable bonds is 2. The maximum Gasteiger partial charge on any atom is 0.150 e. The second kappa shape index (κ2) is 4.89. The molecule has 0 atom stereocenters. The Hall–Kier alpha value is -3.18. The third kappa shape index (κ3) is 2.19. The van der Waals surface area contributed by atoms with Crippen LogP contribution in [0.1, 0.15) is 5.69 Å². The van der Waals surface area contributed by atoms with Crippen LogP contribution in [0.25, 0.3) is 5.57 Å². The van der Waals surface area contributed by atoms with E-state index in [4.69, 9.17) is 0 Å². The number of hydrogen-bond donors (Lipinski definition) is 0. The van der Waals surface area contributed by atoms with E-state index in [2.05, 4.69) is 10.7 Å². The van der Waals surface area contributed by atoms with E-state index in [1.165, 1.54) is 0 Å².